The van der Waals surface area contributed by atoms with Crippen molar-refractivity contribution in [3.05, 3.63) is 21.9 Å². The van der Waals surface area contributed by atoms with Gasteiger partial charge in [-0.1, -0.05) is 6.92 Å². The van der Waals surface area contributed by atoms with Crippen molar-refractivity contribution in [3.8, 4) is 0 Å². The Morgan fingerprint density at radius 3 is 2.75 bits per heavy atom. The summed E-state index contributed by atoms with van der Waals surface area (Å²) in [5, 5.41) is 0. The molecule has 0 aromatic carbocycles. The first kappa shape index (κ1) is 11.9. The van der Waals surface area contributed by atoms with Crippen LogP contribution in [-0.2, 0) is 11.2 Å². The van der Waals surface area contributed by atoms with E-state index >= 15 is 0 Å². The molecule has 0 saturated carbocycles. The van der Waals surface area contributed by atoms with Crippen LogP contribution in [0.25, 0.3) is 0 Å². The summed E-state index contributed by atoms with van der Waals surface area (Å²) in [7, 11) is 0. The van der Waals surface area contributed by atoms with E-state index in [1.165, 1.54) is 16.9 Å². The molecular weight excluding hydrogens is 268 g/mol. The average Bonchev–Trinajstić information content (AvgIpc) is 2.29. The van der Waals surface area contributed by atoms with E-state index in [1.54, 1.807) is 0 Å². The van der Waals surface area contributed by atoms with Crippen LogP contribution in [0.3, 0.4) is 0 Å². The van der Waals surface area contributed by atoms with E-state index in [0.717, 1.165) is 37.3 Å². The van der Waals surface area contributed by atoms with Gasteiger partial charge in [-0.3, -0.25) is 0 Å². The van der Waals surface area contributed by atoms with Gasteiger partial charge < -0.3 is 9.64 Å². The number of hydrogen-bond donors (Lipinski definition) is 0. The number of ether oxygens (including phenoxy) is 1. The lowest BCUT2D eigenvalue weighted by Crippen LogP contribution is -2.37. The van der Waals surface area contributed by atoms with Crippen LogP contribution in [0.5, 0.6) is 0 Å². The summed E-state index contributed by atoms with van der Waals surface area (Å²) >= 11 is 3.46. The third kappa shape index (κ3) is 2.38. The number of pyridine rings is 1. The summed E-state index contributed by atoms with van der Waals surface area (Å²) < 4.78 is 6.32. The number of anilines is 1. The minimum absolute atomic E-state index is 0.818. The molecule has 0 amide bonds. The Kier molecular flexibility index (Phi) is 3.82. The van der Waals surface area contributed by atoms with Crippen molar-refractivity contribution >= 4 is 21.6 Å². The van der Waals surface area contributed by atoms with Gasteiger partial charge in [-0.15, -0.1) is 0 Å². The first-order valence-corrected chi connectivity index (χ1v) is 6.50. The summed E-state index contributed by atoms with van der Waals surface area (Å²) in [6.07, 6.45) is 0.965. The van der Waals surface area contributed by atoms with Crippen molar-refractivity contribution in [1.82, 2.24) is 4.98 Å². The molecule has 2 rings (SSSR count). The van der Waals surface area contributed by atoms with Gasteiger partial charge in [0.2, 0.25) is 0 Å². The van der Waals surface area contributed by atoms with E-state index in [1.807, 2.05) is 0 Å². The summed E-state index contributed by atoms with van der Waals surface area (Å²) in [6, 6.07) is 2.09. The van der Waals surface area contributed by atoms with E-state index in [2.05, 4.69) is 45.7 Å². The van der Waals surface area contributed by atoms with Crippen LogP contribution in [0.4, 0.5) is 5.69 Å². The Morgan fingerprint density at radius 2 is 2.12 bits per heavy atom. The van der Waals surface area contributed by atoms with E-state index in [0.29, 0.717) is 0 Å². The van der Waals surface area contributed by atoms with Gasteiger partial charge in [-0.2, -0.15) is 0 Å². The lowest BCUT2D eigenvalue weighted by atomic mass is 10.1. The third-order valence-electron chi connectivity index (χ3n) is 2.89. The van der Waals surface area contributed by atoms with Crippen LogP contribution in [0.1, 0.15) is 18.2 Å². The molecule has 1 aromatic rings. The molecule has 0 N–H and O–H groups in total. The summed E-state index contributed by atoms with van der Waals surface area (Å²) in [5.74, 6) is 0. The highest BCUT2D eigenvalue weighted by atomic mass is 79.9. The molecule has 88 valence electrons. The third-order valence-corrected chi connectivity index (χ3v) is 3.29. The Balaban J connectivity index is 2.37. The van der Waals surface area contributed by atoms with Gasteiger partial charge in [0.25, 0.3) is 0 Å². The fourth-order valence-corrected chi connectivity index (χ4v) is 2.71. The van der Waals surface area contributed by atoms with Crippen molar-refractivity contribution in [1.29, 1.82) is 0 Å². The van der Waals surface area contributed by atoms with Crippen molar-refractivity contribution in [2.75, 3.05) is 31.2 Å². The average molecular weight is 285 g/mol. The van der Waals surface area contributed by atoms with E-state index in [9.17, 15) is 0 Å². The molecule has 1 saturated heterocycles. The van der Waals surface area contributed by atoms with Gasteiger partial charge in [0, 0.05) is 13.1 Å². The van der Waals surface area contributed by atoms with E-state index < -0.39 is 0 Å². The summed E-state index contributed by atoms with van der Waals surface area (Å²) in [6.45, 7) is 7.88. The van der Waals surface area contributed by atoms with Gasteiger partial charge in [0.15, 0.2) is 0 Å². The SMILES string of the molecule is CCc1nc(Br)cc(C)c1N1CCOCC1. The number of rotatable bonds is 2. The molecule has 1 aromatic heterocycles. The molecule has 0 spiro atoms. The smallest absolute Gasteiger partial charge is 0.106 e. The van der Waals surface area contributed by atoms with Crippen molar-refractivity contribution in [2.45, 2.75) is 20.3 Å². The lowest BCUT2D eigenvalue weighted by Gasteiger charge is -2.31. The molecular formula is C12H17BrN2O. The molecule has 0 unspecified atom stereocenters. The molecule has 0 aliphatic carbocycles. The zero-order chi connectivity index (χ0) is 11.5. The first-order valence-electron chi connectivity index (χ1n) is 5.71. The molecule has 0 bridgehead atoms. The number of aryl methyl sites for hydroxylation is 2. The standard InChI is InChI=1S/C12H17BrN2O/c1-3-10-12(9(2)8-11(13)14-10)15-4-6-16-7-5-15/h8H,3-7H2,1-2H3. The molecule has 16 heavy (non-hydrogen) atoms. The quantitative estimate of drug-likeness (QED) is 0.781. The molecule has 1 fully saturated rings. The molecule has 3 nitrogen and oxygen atoms in total. The summed E-state index contributed by atoms with van der Waals surface area (Å²) in [4.78, 5) is 6.95. The van der Waals surface area contributed by atoms with Gasteiger partial charge in [0.05, 0.1) is 24.6 Å². The highest BCUT2D eigenvalue weighted by molar-refractivity contribution is 9.10. The van der Waals surface area contributed by atoms with Crippen LogP contribution in [0.15, 0.2) is 10.7 Å². The normalized spacial score (nSPS) is 16.6. The molecule has 0 atom stereocenters. The van der Waals surface area contributed by atoms with E-state index in [4.69, 9.17) is 4.74 Å². The maximum absolute atomic E-state index is 5.39. The highest BCUT2D eigenvalue weighted by Gasteiger charge is 2.17. The molecule has 1 aliphatic heterocycles. The second kappa shape index (κ2) is 5.15. The second-order valence-corrected chi connectivity index (χ2v) is 4.82. The predicted octanol–water partition coefficient (Wildman–Crippen LogP) is 2.55. The molecule has 0 radical (unpaired) electrons. The zero-order valence-corrected chi connectivity index (χ0v) is 11.4. The van der Waals surface area contributed by atoms with Crippen molar-refractivity contribution in [2.24, 2.45) is 0 Å². The molecule has 2 heterocycles. The Bertz CT molecular complexity index is 376. The fraction of sp³-hybridized carbons (Fsp3) is 0.583. The maximum Gasteiger partial charge on any atom is 0.106 e. The molecule has 4 heteroatoms. The zero-order valence-electron chi connectivity index (χ0n) is 9.79. The molecule has 1 aliphatic rings. The van der Waals surface area contributed by atoms with Gasteiger partial charge in [-0.05, 0) is 40.9 Å². The van der Waals surface area contributed by atoms with Gasteiger partial charge >= 0.3 is 0 Å². The number of halogens is 1. The second-order valence-electron chi connectivity index (χ2n) is 4.01. The number of hydrogen-bond acceptors (Lipinski definition) is 3. The van der Waals surface area contributed by atoms with Gasteiger partial charge in [0.1, 0.15) is 4.60 Å². The number of morpholine rings is 1. The minimum atomic E-state index is 0.818. The Morgan fingerprint density at radius 1 is 1.44 bits per heavy atom. The Hall–Kier alpha value is -0.610. The number of aromatic nitrogens is 1. The van der Waals surface area contributed by atoms with Crippen LogP contribution >= 0.6 is 15.9 Å². The monoisotopic (exact) mass is 284 g/mol. The lowest BCUT2D eigenvalue weighted by molar-refractivity contribution is 0.122. The predicted molar refractivity (Wildman–Crippen MR) is 69.1 cm³/mol. The van der Waals surface area contributed by atoms with Gasteiger partial charge in [-0.25, -0.2) is 4.98 Å². The maximum atomic E-state index is 5.39. The van der Waals surface area contributed by atoms with Crippen LogP contribution in [-0.4, -0.2) is 31.3 Å². The first-order chi connectivity index (χ1) is 7.72. The van der Waals surface area contributed by atoms with Crippen molar-refractivity contribution < 1.29 is 4.74 Å². The minimum Gasteiger partial charge on any atom is -0.378 e. The Labute approximate surface area is 105 Å². The van der Waals surface area contributed by atoms with Crippen LogP contribution < -0.4 is 4.90 Å². The van der Waals surface area contributed by atoms with Crippen LogP contribution in [0.2, 0.25) is 0 Å². The topological polar surface area (TPSA) is 25.4 Å². The largest absolute Gasteiger partial charge is 0.378 e. The summed E-state index contributed by atoms with van der Waals surface area (Å²) in [5.41, 5.74) is 3.77. The number of nitrogens with zero attached hydrogens (tertiary/aromatic N) is 2. The van der Waals surface area contributed by atoms with Crippen molar-refractivity contribution in [3.63, 3.8) is 0 Å². The fourth-order valence-electron chi connectivity index (χ4n) is 2.15. The highest BCUT2D eigenvalue weighted by Crippen LogP contribution is 2.27. The van der Waals surface area contributed by atoms with Crippen LogP contribution in [0, 0.1) is 6.92 Å². The van der Waals surface area contributed by atoms with E-state index in [-0.39, 0.29) is 0 Å².